The zero-order chi connectivity index (χ0) is 14.0. The number of nitrogens with zero attached hydrogens (tertiary/aromatic N) is 2. The van der Waals surface area contributed by atoms with E-state index in [4.69, 9.17) is 5.73 Å². The topological polar surface area (TPSA) is 49.6 Å². The quantitative estimate of drug-likeness (QED) is 0.831. The van der Waals surface area contributed by atoms with Crippen LogP contribution in [0.2, 0.25) is 0 Å². The van der Waals surface area contributed by atoms with Gasteiger partial charge in [0.25, 0.3) is 0 Å². The van der Waals surface area contributed by atoms with Crippen molar-refractivity contribution in [3.05, 3.63) is 0 Å². The summed E-state index contributed by atoms with van der Waals surface area (Å²) in [7, 11) is 4.24. The number of hydrogen-bond donors (Lipinski definition) is 1. The predicted molar refractivity (Wildman–Crippen MR) is 77.7 cm³/mol. The number of rotatable bonds is 4. The maximum absolute atomic E-state index is 12.6. The van der Waals surface area contributed by atoms with E-state index in [0.717, 1.165) is 51.2 Å². The molecular weight excluding hydrogens is 238 g/mol. The molecule has 19 heavy (non-hydrogen) atoms. The van der Waals surface area contributed by atoms with Crippen LogP contribution in [0.1, 0.15) is 32.6 Å². The molecular formula is C15H29N3O. The Kier molecular flexibility index (Phi) is 4.51. The minimum absolute atomic E-state index is 0.214. The summed E-state index contributed by atoms with van der Waals surface area (Å²) in [6.45, 7) is 5.72. The number of amides is 1. The van der Waals surface area contributed by atoms with Crippen LogP contribution < -0.4 is 5.73 Å². The van der Waals surface area contributed by atoms with Crippen LogP contribution in [-0.4, -0.2) is 56.0 Å². The molecule has 0 spiro atoms. The molecule has 4 nitrogen and oxygen atoms in total. The van der Waals surface area contributed by atoms with Crippen molar-refractivity contribution in [2.75, 3.05) is 40.3 Å². The van der Waals surface area contributed by atoms with Gasteiger partial charge in [-0.05, 0) is 51.6 Å². The first-order valence-electron chi connectivity index (χ1n) is 7.61. The Balaban J connectivity index is 1.85. The van der Waals surface area contributed by atoms with Gasteiger partial charge in [0.15, 0.2) is 0 Å². The van der Waals surface area contributed by atoms with Gasteiger partial charge in [-0.2, -0.15) is 0 Å². The van der Waals surface area contributed by atoms with Crippen LogP contribution in [-0.2, 0) is 4.79 Å². The molecule has 2 rings (SSSR count). The van der Waals surface area contributed by atoms with Crippen LogP contribution in [0.4, 0.5) is 0 Å². The summed E-state index contributed by atoms with van der Waals surface area (Å²) in [4.78, 5) is 17.0. The molecule has 0 aromatic heterocycles. The van der Waals surface area contributed by atoms with E-state index < -0.39 is 0 Å². The molecule has 0 atom stereocenters. The van der Waals surface area contributed by atoms with Crippen molar-refractivity contribution in [1.29, 1.82) is 0 Å². The third-order valence-electron chi connectivity index (χ3n) is 4.85. The second kappa shape index (κ2) is 5.80. The molecule has 2 N–H and O–H groups in total. The smallest absolute Gasteiger partial charge is 0.230 e. The van der Waals surface area contributed by atoms with Gasteiger partial charge < -0.3 is 15.5 Å². The average Bonchev–Trinajstić information content (AvgIpc) is 2.34. The third kappa shape index (κ3) is 3.11. The largest absolute Gasteiger partial charge is 0.342 e. The molecule has 2 fully saturated rings. The molecule has 0 radical (unpaired) electrons. The molecule has 1 saturated carbocycles. The number of nitrogens with two attached hydrogens (primary N) is 1. The molecule has 1 saturated heterocycles. The molecule has 0 aromatic rings. The van der Waals surface area contributed by atoms with Gasteiger partial charge in [0, 0.05) is 26.2 Å². The highest BCUT2D eigenvalue weighted by molar-refractivity contribution is 5.84. The second-order valence-corrected chi connectivity index (χ2v) is 7.00. The predicted octanol–water partition coefficient (Wildman–Crippen LogP) is 1.16. The van der Waals surface area contributed by atoms with Crippen LogP contribution in [0.3, 0.4) is 0 Å². The lowest BCUT2D eigenvalue weighted by atomic mass is 9.61. The number of carbonyl (C=O) groups excluding carboxylic acids is 1. The summed E-state index contributed by atoms with van der Waals surface area (Å²) < 4.78 is 0. The maximum atomic E-state index is 12.6. The van der Waals surface area contributed by atoms with Crippen molar-refractivity contribution < 1.29 is 4.79 Å². The van der Waals surface area contributed by atoms with E-state index in [0.29, 0.717) is 18.4 Å². The van der Waals surface area contributed by atoms with Crippen molar-refractivity contribution in [2.24, 2.45) is 23.0 Å². The standard InChI is InChI=1S/C15H29N3O/c1-12-8-15(9-12,11-16)14(19)18-6-4-13(5-7-18)10-17(2)3/h12-13H,4-11,16H2,1-3H3. The van der Waals surface area contributed by atoms with Gasteiger partial charge in [0.2, 0.25) is 5.91 Å². The SMILES string of the molecule is CC1CC(CN)(C(=O)N2CCC(CN(C)C)CC2)C1. The lowest BCUT2D eigenvalue weighted by molar-refractivity contribution is -0.151. The highest BCUT2D eigenvalue weighted by Gasteiger charge is 2.49. The average molecular weight is 267 g/mol. The highest BCUT2D eigenvalue weighted by Crippen LogP contribution is 2.46. The van der Waals surface area contributed by atoms with Crippen LogP contribution >= 0.6 is 0 Å². The Morgan fingerprint density at radius 3 is 2.32 bits per heavy atom. The van der Waals surface area contributed by atoms with Gasteiger partial charge in [-0.1, -0.05) is 6.92 Å². The molecule has 1 amide bonds. The lowest BCUT2D eigenvalue weighted by Crippen LogP contribution is -2.56. The van der Waals surface area contributed by atoms with E-state index in [1.54, 1.807) is 0 Å². The Bertz CT molecular complexity index is 315. The van der Waals surface area contributed by atoms with E-state index in [-0.39, 0.29) is 5.41 Å². The number of likely N-dealkylation sites (tertiary alicyclic amines) is 1. The van der Waals surface area contributed by atoms with Gasteiger partial charge in [0.1, 0.15) is 0 Å². The summed E-state index contributed by atoms with van der Waals surface area (Å²) in [5.74, 6) is 1.74. The van der Waals surface area contributed by atoms with Gasteiger partial charge >= 0.3 is 0 Å². The molecule has 4 heteroatoms. The molecule has 0 unspecified atom stereocenters. The van der Waals surface area contributed by atoms with Crippen LogP contribution in [0, 0.1) is 17.3 Å². The second-order valence-electron chi connectivity index (χ2n) is 7.00. The van der Waals surface area contributed by atoms with E-state index >= 15 is 0 Å². The van der Waals surface area contributed by atoms with Crippen molar-refractivity contribution in [3.8, 4) is 0 Å². The first-order valence-corrected chi connectivity index (χ1v) is 7.61. The highest BCUT2D eigenvalue weighted by atomic mass is 16.2. The van der Waals surface area contributed by atoms with Gasteiger partial charge in [-0.3, -0.25) is 4.79 Å². The van der Waals surface area contributed by atoms with Crippen LogP contribution in [0.5, 0.6) is 0 Å². The van der Waals surface area contributed by atoms with Gasteiger partial charge in [0.05, 0.1) is 5.41 Å². The Morgan fingerprint density at radius 2 is 1.89 bits per heavy atom. The summed E-state index contributed by atoms with van der Waals surface area (Å²) in [6, 6.07) is 0. The zero-order valence-electron chi connectivity index (χ0n) is 12.7. The molecule has 0 aromatic carbocycles. The normalized spacial score (nSPS) is 32.5. The first kappa shape index (κ1) is 14.8. The van der Waals surface area contributed by atoms with Gasteiger partial charge in [-0.25, -0.2) is 0 Å². The number of piperidine rings is 1. The summed E-state index contributed by atoms with van der Waals surface area (Å²) in [6.07, 6.45) is 4.25. The zero-order valence-corrected chi connectivity index (χ0v) is 12.7. The molecule has 1 aliphatic heterocycles. The van der Waals surface area contributed by atoms with E-state index in [1.165, 1.54) is 0 Å². The molecule has 1 heterocycles. The number of hydrogen-bond acceptors (Lipinski definition) is 3. The Labute approximate surface area is 117 Å². The van der Waals surface area contributed by atoms with Crippen molar-refractivity contribution in [3.63, 3.8) is 0 Å². The Hall–Kier alpha value is -0.610. The lowest BCUT2D eigenvalue weighted by Gasteiger charge is -2.48. The molecule has 0 bridgehead atoms. The monoisotopic (exact) mass is 267 g/mol. The minimum atomic E-state index is -0.214. The fraction of sp³-hybridized carbons (Fsp3) is 0.933. The fourth-order valence-corrected chi connectivity index (χ4v) is 3.87. The summed E-state index contributed by atoms with van der Waals surface area (Å²) >= 11 is 0. The minimum Gasteiger partial charge on any atom is -0.342 e. The van der Waals surface area contributed by atoms with Crippen LogP contribution in [0.25, 0.3) is 0 Å². The van der Waals surface area contributed by atoms with Gasteiger partial charge in [-0.15, -0.1) is 0 Å². The maximum Gasteiger partial charge on any atom is 0.230 e. The van der Waals surface area contributed by atoms with Crippen LogP contribution in [0.15, 0.2) is 0 Å². The summed E-state index contributed by atoms with van der Waals surface area (Å²) in [5.41, 5.74) is 5.66. The van der Waals surface area contributed by atoms with E-state index in [1.807, 2.05) is 0 Å². The summed E-state index contributed by atoms with van der Waals surface area (Å²) in [5, 5.41) is 0. The molecule has 2 aliphatic rings. The third-order valence-corrected chi connectivity index (χ3v) is 4.85. The fourth-order valence-electron chi connectivity index (χ4n) is 3.87. The number of carbonyl (C=O) groups is 1. The van der Waals surface area contributed by atoms with Crippen molar-refractivity contribution in [1.82, 2.24) is 9.80 Å². The first-order chi connectivity index (χ1) is 8.97. The molecule has 1 aliphatic carbocycles. The van der Waals surface area contributed by atoms with Crippen molar-refractivity contribution >= 4 is 5.91 Å². The van der Waals surface area contributed by atoms with E-state index in [9.17, 15) is 4.79 Å². The molecule has 110 valence electrons. The van der Waals surface area contributed by atoms with E-state index in [2.05, 4.69) is 30.8 Å². The Morgan fingerprint density at radius 1 is 1.32 bits per heavy atom. The van der Waals surface area contributed by atoms with Crippen molar-refractivity contribution in [2.45, 2.75) is 32.6 Å².